The molecule has 0 radical (unpaired) electrons. The van der Waals surface area contributed by atoms with Gasteiger partial charge in [-0.05, 0) is 91.7 Å². The van der Waals surface area contributed by atoms with Crippen LogP contribution in [0.25, 0.3) is 0 Å². The summed E-state index contributed by atoms with van der Waals surface area (Å²) in [7, 11) is 1.85. The molecule has 2 aromatic carbocycles. The number of amides is 2. The van der Waals surface area contributed by atoms with Crippen molar-refractivity contribution in [2.24, 2.45) is 29.1 Å². The average Bonchev–Trinajstić information content (AvgIpc) is 3.38. The third-order valence-electron chi connectivity index (χ3n) is 10.9. The molecule has 2 heterocycles. The molecule has 4 aliphatic rings. The number of rotatable bonds is 6. The molecule has 4 fully saturated rings. The van der Waals surface area contributed by atoms with E-state index in [0.29, 0.717) is 42.9 Å². The van der Waals surface area contributed by atoms with Crippen molar-refractivity contribution in [3.05, 3.63) is 66.0 Å². The van der Waals surface area contributed by atoms with Gasteiger partial charge in [0.15, 0.2) is 0 Å². The van der Waals surface area contributed by atoms with Gasteiger partial charge in [0.05, 0.1) is 18.4 Å². The first-order chi connectivity index (χ1) is 19.5. The predicted molar refractivity (Wildman–Crippen MR) is 154 cm³/mol. The molecule has 2 aliphatic heterocycles. The summed E-state index contributed by atoms with van der Waals surface area (Å²) >= 11 is 0. The maximum Gasteiger partial charge on any atom is 0.321 e. The van der Waals surface area contributed by atoms with E-state index < -0.39 is 5.82 Å². The van der Waals surface area contributed by atoms with Crippen molar-refractivity contribution < 1.29 is 19.0 Å². The van der Waals surface area contributed by atoms with Crippen LogP contribution >= 0.6 is 0 Å². The van der Waals surface area contributed by atoms with Gasteiger partial charge in [-0.1, -0.05) is 42.5 Å². The molecule has 2 saturated carbocycles. The van der Waals surface area contributed by atoms with Crippen LogP contribution in [0.5, 0.6) is 0 Å². The minimum absolute atomic E-state index is 0.126. The van der Waals surface area contributed by atoms with E-state index in [4.69, 9.17) is 4.74 Å². The zero-order valence-corrected chi connectivity index (χ0v) is 23.7. The summed E-state index contributed by atoms with van der Waals surface area (Å²) in [5.41, 5.74) is 1.69. The molecular weight excluding hydrogens is 505 g/mol. The second-order valence-electron chi connectivity index (χ2n) is 12.7. The van der Waals surface area contributed by atoms with Crippen LogP contribution in [-0.4, -0.2) is 73.0 Å². The number of fused-ring (bicyclic) bond motifs is 4. The summed E-state index contributed by atoms with van der Waals surface area (Å²) in [6.45, 7) is 3.48. The lowest BCUT2D eigenvalue weighted by atomic mass is 9.57. The molecule has 2 aliphatic carbocycles. The molecule has 0 bridgehead atoms. The number of aliphatic hydroxyl groups excluding tert-OH is 1. The normalized spacial score (nSPS) is 31.5. The van der Waals surface area contributed by atoms with Crippen molar-refractivity contribution in [2.45, 2.75) is 57.1 Å². The molecule has 1 spiro atoms. The first-order valence-electron chi connectivity index (χ1n) is 15.2. The Morgan fingerprint density at radius 1 is 1.05 bits per heavy atom. The number of halogens is 1. The van der Waals surface area contributed by atoms with Gasteiger partial charge < -0.3 is 20.1 Å². The molecule has 2 amide bonds. The third kappa shape index (κ3) is 5.28. The molecule has 0 aromatic heterocycles. The van der Waals surface area contributed by atoms with Crippen LogP contribution in [-0.2, 0) is 11.2 Å². The van der Waals surface area contributed by atoms with Crippen LogP contribution in [0.15, 0.2) is 54.6 Å². The number of hydrogen-bond donors (Lipinski definition) is 2. The Balaban J connectivity index is 1.22. The van der Waals surface area contributed by atoms with Crippen LogP contribution in [0, 0.1) is 34.9 Å². The Hall–Kier alpha value is -2.48. The van der Waals surface area contributed by atoms with E-state index in [2.05, 4.69) is 40.5 Å². The molecule has 216 valence electrons. The molecule has 6 rings (SSSR count). The van der Waals surface area contributed by atoms with Gasteiger partial charge in [-0.2, -0.15) is 0 Å². The van der Waals surface area contributed by atoms with E-state index in [1.54, 1.807) is 18.2 Å². The van der Waals surface area contributed by atoms with Crippen molar-refractivity contribution in [2.75, 3.05) is 45.2 Å². The number of likely N-dealkylation sites (tertiary alicyclic amines) is 2. The molecule has 2 saturated heterocycles. The minimum Gasteiger partial charge on any atom is -0.395 e. The summed E-state index contributed by atoms with van der Waals surface area (Å²) in [6.07, 6.45) is 7.85. The van der Waals surface area contributed by atoms with Gasteiger partial charge in [0.2, 0.25) is 0 Å². The quantitative estimate of drug-likeness (QED) is 0.505. The van der Waals surface area contributed by atoms with Crippen LogP contribution in [0.4, 0.5) is 14.9 Å². The highest BCUT2D eigenvalue weighted by molar-refractivity contribution is 5.89. The molecule has 40 heavy (non-hydrogen) atoms. The number of nitrogens with zero attached hydrogens (tertiary/aromatic N) is 2. The van der Waals surface area contributed by atoms with Gasteiger partial charge in [-0.15, -0.1) is 0 Å². The topological polar surface area (TPSA) is 65.0 Å². The van der Waals surface area contributed by atoms with Crippen LogP contribution < -0.4 is 5.32 Å². The largest absolute Gasteiger partial charge is 0.395 e. The van der Waals surface area contributed by atoms with Gasteiger partial charge in [0.1, 0.15) is 5.82 Å². The summed E-state index contributed by atoms with van der Waals surface area (Å²) < 4.78 is 20.0. The number of carbonyl (C=O) groups excluding carboxylic acids is 1. The first kappa shape index (κ1) is 27.7. The fourth-order valence-corrected chi connectivity index (χ4v) is 9.04. The second kappa shape index (κ2) is 11.8. The smallest absolute Gasteiger partial charge is 0.321 e. The standard InChI is InChI=1S/C33H44FN3O3/c1-40-25-11-12-26-24(19-25)20-27-30(21-38)37(16-13-23-7-3-2-4-8-23)22-33(31(26)27)14-17-36(18-15-33)32(39)35-29-10-6-5-9-28(29)34/h2-10,24-27,30-31,38H,11-22H2,1H3,(H,35,39)/t24?,25?,26?,27?,30-,31?/m0/s1. The lowest BCUT2D eigenvalue weighted by Crippen LogP contribution is -2.62. The Bertz CT molecular complexity index is 1150. The number of aliphatic hydroxyl groups is 1. The number of anilines is 1. The van der Waals surface area contributed by atoms with E-state index in [-0.39, 0.29) is 29.8 Å². The fourth-order valence-electron chi connectivity index (χ4n) is 9.04. The van der Waals surface area contributed by atoms with E-state index >= 15 is 0 Å². The zero-order valence-electron chi connectivity index (χ0n) is 23.7. The fraction of sp³-hybridized carbons (Fsp3) is 0.606. The lowest BCUT2D eigenvalue weighted by molar-refractivity contribution is -0.102. The lowest BCUT2D eigenvalue weighted by Gasteiger charge is -2.58. The number of benzene rings is 2. The first-order valence-corrected chi connectivity index (χ1v) is 15.2. The number of ether oxygens (including phenoxy) is 1. The maximum absolute atomic E-state index is 14.2. The minimum atomic E-state index is -0.410. The Morgan fingerprint density at radius 2 is 1.80 bits per heavy atom. The maximum atomic E-state index is 14.2. The van der Waals surface area contributed by atoms with Gasteiger partial charge in [-0.3, -0.25) is 4.90 Å². The second-order valence-corrected chi connectivity index (χ2v) is 12.7. The Kier molecular flexibility index (Phi) is 8.16. The van der Waals surface area contributed by atoms with E-state index in [1.807, 2.05) is 12.0 Å². The highest BCUT2D eigenvalue weighted by atomic mass is 19.1. The monoisotopic (exact) mass is 549 g/mol. The van der Waals surface area contributed by atoms with Crippen LogP contribution in [0.2, 0.25) is 0 Å². The Morgan fingerprint density at radius 3 is 2.52 bits per heavy atom. The number of para-hydroxylation sites is 1. The predicted octanol–water partition coefficient (Wildman–Crippen LogP) is 5.43. The molecule has 6 atom stereocenters. The number of methoxy groups -OCH3 is 1. The van der Waals surface area contributed by atoms with Gasteiger partial charge in [0, 0.05) is 39.3 Å². The summed E-state index contributed by atoms with van der Waals surface area (Å²) in [5.74, 6) is 1.94. The third-order valence-corrected chi connectivity index (χ3v) is 10.9. The van der Waals surface area contributed by atoms with Crippen LogP contribution in [0.3, 0.4) is 0 Å². The van der Waals surface area contributed by atoms with E-state index in [0.717, 1.165) is 45.2 Å². The average molecular weight is 550 g/mol. The molecule has 5 unspecified atom stereocenters. The van der Waals surface area contributed by atoms with Gasteiger partial charge >= 0.3 is 6.03 Å². The van der Waals surface area contributed by atoms with Crippen molar-refractivity contribution in [3.8, 4) is 0 Å². The van der Waals surface area contributed by atoms with Gasteiger partial charge in [-0.25, -0.2) is 9.18 Å². The van der Waals surface area contributed by atoms with E-state index in [1.165, 1.54) is 24.5 Å². The molecular formula is C33H44FN3O3. The summed E-state index contributed by atoms with van der Waals surface area (Å²) in [6, 6.07) is 17.0. The molecule has 7 heteroatoms. The number of piperidine rings is 2. The highest BCUT2D eigenvalue weighted by Gasteiger charge is 2.60. The number of carbonyl (C=O) groups is 1. The number of nitrogens with one attached hydrogen (secondary N) is 1. The molecule has 2 aromatic rings. The molecule has 6 nitrogen and oxygen atoms in total. The van der Waals surface area contributed by atoms with E-state index in [9.17, 15) is 14.3 Å². The van der Waals surface area contributed by atoms with Crippen molar-refractivity contribution >= 4 is 11.7 Å². The highest BCUT2D eigenvalue weighted by Crippen LogP contribution is 2.62. The molecule has 2 N–H and O–H groups in total. The summed E-state index contributed by atoms with van der Waals surface area (Å²) in [4.78, 5) is 17.6. The van der Waals surface area contributed by atoms with Crippen molar-refractivity contribution in [1.82, 2.24) is 9.80 Å². The number of urea groups is 1. The SMILES string of the molecule is COC1CCC2C(C1)CC1C2C2(CCN(C(=O)Nc3ccccc3F)CC2)CN(CCc2ccccc2)[C@H]1CO. The Labute approximate surface area is 237 Å². The van der Waals surface area contributed by atoms with Gasteiger partial charge in [0.25, 0.3) is 0 Å². The van der Waals surface area contributed by atoms with Crippen molar-refractivity contribution in [3.63, 3.8) is 0 Å². The van der Waals surface area contributed by atoms with Crippen molar-refractivity contribution in [1.29, 1.82) is 0 Å². The number of hydrogen-bond acceptors (Lipinski definition) is 4. The van der Waals surface area contributed by atoms with Crippen LogP contribution in [0.1, 0.15) is 44.1 Å². The zero-order chi connectivity index (χ0) is 27.7. The summed E-state index contributed by atoms with van der Waals surface area (Å²) in [5, 5.41) is 13.5.